The Hall–Kier alpha value is -3.81. The molecule has 2 aliphatic heterocycles. The number of benzene rings is 2. The van der Waals surface area contributed by atoms with Gasteiger partial charge in [-0.05, 0) is 36.6 Å². The molecule has 182 valence electrons. The fourth-order valence-electron chi connectivity index (χ4n) is 4.99. The van der Waals surface area contributed by atoms with Crippen molar-refractivity contribution in [2.45, 2.75) is 26.4 Å². The lowest BCUT2D eigenvalue weighted by Gasteiger charge is -2.37. The minimum absolute atomic E-state index is 0.00570. The molecular formula is C27H31N5O3. The first-order valence-corrected chi connectivity index (χ1v) is 12.1. The van der Waals surface area contributed by atoms with Crippen molar-refractivity contribution in [3.63, 3.8) is 0 Å². The highest BCUT2D eigenvalue weighted by molar-refractivity contribution is 5.77. The maximum atomic E-state index is 13.3. The summed E-state index contributed by atoms with van der Waals surface area (Å²) in [7, 11) is 1.67. The average molecular weight is 474 g/mol. The maximum absolute atomic E-state index is 13.3. The lowest BCUT2D eigenvalue weighted by atomic mass is 10.0. The molecule has 1 aromatic heterocycles. The average Bonchev–Trinajstić information content (AvgIpc) is 2.89. The molecule has 3 aromatic rings. The van der Waals surface area contributed by atoms with Gasteiger partial charge in [-0.15, -0.1) is 0 Å². The van der Waals surface area contributed by atoms with Crippen molar-refractivity contribution >= 4 is 17.5 Å². The van der Waals surface area contributed by atoms with Crippen LogP contribution in [0.2, 0.25) is 0 Å². The molecular weight excluding hydrogens is 442 g/mol. The Bertz CT molecular complexity index is 1280. The van der Waals surface area contributed by atoms with Crippen molar-refractivity contribution in [2.75, 3.05) is 49.6 Å². The summed E-state index contributed by atoms with van der Waals surface area (Å²) in [6, 6.07) is 17.8. The first-order valence-electron chi connectivity index (χ1n) is 12.1. The standard InChI is InChI=1S/C27H31N5O3/c1-20-17-25(33)32(27(28-20)31-12-11-21-7-3-4-8-22(21)18-31)19-26(34)30-15-13-29(14-16-30)23-9-5-6-10-24(23)35-2/h3-10,17H,11-16,18-19H2,1-2H3. The van der Waals surface area contributed by atoms with E-state index in [0.29, 0.717) is 44.4 Å². The van der Waals surface area contributed by atoms with E-state index in [-0.39, 0.29) is 18.0 Å². The van der Waals surface area contributed by atoms with Crippen LogP contribution in [0.3, 0.4) is 0 Å². The van der Waals surface area contributed by atoms with Crippen LogP contribution >= 0.6 is 0 Å². The molecule has 3 heterocycles. The molecule has 0 saturated carbocycles. The molecule has 1 fully saturated rings. The van der Waals surface area contributed by atoms with Gasteiger partial charge in [-0.25, -0.2) is 4.98 Å². The predicted molar refractivity (Wildman–Crippen MR) is 136 cm³/mol. The molecule has 0 bridgehead atoms. The number of hydrogen-bond acceptors (Lipinski definition) is 6. The summed E-state index contributed by atoms with van der Waals surface area (Å²) in [5, 5.41) is 0. The number of ether oxygens (including phenoxy) is 1. The van der Waals surface area contributed by atoms with Crippen molar-refractivity contribution in [3.8, 4) is 5.75 Å². The molecule has 1 amide bonds. The van der Waals surface area contributed by atoms with Gasteiger partial charge in [0.15, 0.2) is 0 Å². The van der Waals surface area contributed by atoms with Crippen molar-refractivity contribution < 1.29 is 9.53 Å². The Labute approximate surface area is 205 Å². The molecule has 8 nitrogen and oxygen atoms in total. The van der Waals surface area contributed by atoms with Crippen LogP contribution < -0.4 is 20.1 Å². The second kappa shape index (κ2) is 9.82. The monoisotopic (exact) mass is 473 g/mol. The molecule has 0 spiro atoms. The van der Waals surface area contributed by atoms with Crippen molar-refractivity contribution in [1.29, 1.82) is 0 Å². The molecule has 1 saturated heterocycles. The number of nitrogens with zero attached hydrogens (tertiary/aromatic N) is 5. The fraction of sp³-hybridized carbons (Fsp3) is 0.370. The van der Waals surface area contributed by atoms with Gasteiger partial charge in [0.2, 0.25) is 11.9 Å². The topological polar surface area (TPSA) is 70.9 Å². The third-order valence-electron chi connectivity index (χ3n) is 6.88. The summed E-state index contributed by atoms with van der Waals surface area (Å²) >= 11 is 0. The van der Waals surface area contributed by atoms with E-state index in [2.05, 4.69) is 28.0 Å². The molecule has 0 aliphatic carbocycles. The number of anilines is 2. The first-order chi connectivity index (χ1) is 17.0. The Morgan fingerprint density at radius 2 is 1.66 bits per heavy atom. The fourth-order valence-corrected chi connectivity index (χ4v) is 4.99. The number of methoxy groups -OCH3 is 1. The summed E-state index contributed by atoms with van der Waals surface area (Å²) in [6.07, 6.45) is 0.888. The van der Waals surface area contributed by atoms with Crippen LogP contribution in [0.5, 0.6) is 5.75 Å². The van der Waals surface area contributed by atoms with E-state index in [9.17, 15) is 9.59 Å². The van der Waals surface area contributed by atoms with Gasteiger partial charge in [0.05, 0.1) is 12.8 Å². The summed E-state index contributed by atoms with van der Waals surface area (Å²) < 4.78 is 7.03. The van der Waals surface area contributed by atoms with Crippen molar-refractivity contribution in [2.24, 2.45) is 0 Å². The van der Waals surface area contributed by atoms with Gasteiger partial charge in [-0.3, -0.25) is 14.2 Å². The van der Waals surface area contributed by atoms with Crippen LogP contribution in [0.4, 0.5) is 11.6 Å². The molecule has 0 atom stereocenters. The number of carbonyl (C=O) groups is 1. The molecule has 0 radical (unpaired) electrons. The number of amides is 1. The number of carbonyl (C=O) groups excluding carboxylic acids is 1. The smallest absolute Gasteiger partial charge is 0.255 e. The SMILES string of the molecule is COc1ccccc1N1CCN(C(=O)Cn2c(N3CCc4ccccc4C3)nc(C)cc2=O)CC1. The predicted octanol–water partition coefficient (Wildman–Crippen LogP) is 2.47. The number of aryl methyl sites for hydroxylation is 1. The molecule has 8 heteroatoms. The number of piperazine rings is 1. The van der Waals surface area contributed by atoms with E-state index in [1.807, 2.05) is 42.2 Å². The van der Waals surface area contributed by atoms with E-state index >= 15 is 0 Å². The van der Waals surface area contributed by atoms with Crippen LogP contribution in [0.1, 0.15) is 16.8 Å². The van der Waals surface area contributed by atoms with Crippen molar-refractivity contribution in [1.82, 2.24) is 14.5 Å². The first kappa shape index (κ1) is 23.0. The van der Waals surface area contributed by atoms with Crippen LogP contribution in [0.25, 0.3) is 0 Å². The van der Waals surface area contributed by atoms with Gasteiger partial charge in [0.1, 0.15) is 12.3 Å². The minimum atomic E-state index is -0.188. The largest absolute Gasteiger partial charge is 0.495 e. The van der Waals surface area contributed by atoms with E-state index in [4.69, 9.17) is 9.72 Å². The molecule has 5 rings (SSSR count). The highest BCUT2D eigenvalue weighted by Crippen LogP contribution is 2.28. The van der Waals surface area contributed by atoms with E-state index in [1.54, 1.807) is 7.11 Å². The second-order valence-electron chi connectivity index (χ2n) is 9.10. The maximum Gasteiger partial charge on any atom is 0.255 e. The third-order valence-corrected chi connectivity index (χ3v) is 6.88. The highest BCUT2D eigenvalue weighted by atomic mass is 16.5. The quantitative estimate of drug-likeness (QED) is 0.567. The lowest BCUT2D eigenvalue weighted by molar-refractivity contribution is -0.132. The van der Waals surface area contributed by atoms with Gasteiger partial charge in [0.25, 0.3) is 5.56 Å². The van der Waals surface area contributed by atoms with Crippen molar-refractivity contribution in [3.05, 3.63) is 81.8 Å². The second-order valence-corrected chi connectivity index (χ2v) is 9.10. The lowest BCUT2D eigenvalue weighted by Crippen LogP contribution is -2.50. The Kier molecular flexibility index (Phi) is 6.44. The van der Waals surface area contributed by atoms with E-state index < -0.39 is 0 Å². The summed E-state index contributed by atoms with van der Waals surface area (Å²) in [5.74, 6) is 1.35. The van der Waals surface area contributed by atoms with Gasteiger partial charge in [0, 0.05) is 51.0 Å². The molecule has 0 N–H and O–H groups in total. The van der Waals surface area contributed by atoms with Crippen LogP contribution in [-0.2, 0) is 24.3 Å². The molecule has 0 unspecified atom stereocenters. The van der Waals surface area contributed by atoms with Gasteiger partial charge >= 0.3 is 0 Å². The summed E-state index contributed by atoms with van der Waals surface area (Å²) in [5.41, 5.74) is 4.08. The van der Waals surface area contributed by atoms with Gasteiger partial charge in [-0.2, -0.15) is 0 Å². The molecule has 2 aliphatic rings. The Morgan fingerprint density at radius 3 is 2.43 bits per heavy atom. The van der Waals surface area contributed by atoms with E-state index in [0.717, 1.165) is 24.4 Å². The zero-order valence-corrected chi connectivity index (χ0v) is 20.3. The van der Waals surface area contributed by atoms with Crippen LogP contribution in [0.15, 0.2) is 59.4 Å². The van der Waals surface area contributed by atoms with Crippen LogP contribution in [0, 0.1) is 6.92 Å². The number of rotatable bonds is 5. The Balaban J connectivity index is 1.31. The zero-order chi connectivity index (χ0) is 24.4. The number of aromatic nitrogens is 2. The third kappa shape index (κ3) is 4.73. The molecule has 2 aromatic carbocycles. The summed E-state index contributed by atoms with van der Waals surface area (Å²) in [4.78, 5) is 37.1. The molecule has 35 heavy (non-hydrogen) atoms. The number of hydrogen-bond donors (Lipinski definition) is 0. The zero-order valence-electron chi connectivity index (χ0n) is 20.3. The highest BCUT2D eigenvalue weighted by Gasteiger charge is 2.26. The Morgan fingerprint density at radius 1 is 0.943 bits per heavy atom. The van der Waals surface area contributed by atoms with Crippen LogP contribution in [-0.4, -0.2) is 60.2 Å². The number of fused-ring (bicyclic) bond motifs is 1. The minimum Gasteiger partial charge on any atom is -0.495 e. The van der Waals surface area contributed by atoms with Gasteiger partial charge < -0.3 is 19.4 Å². The van der Waals surface area contributed by atoms with Gasteiger partial charge in [-0.1, -0.05) is 36.4 Å². The van der Waals surface area contributed by atoms with E-state index in [1.165, 1.54) is 21.8 Å². The summed E-state index contributed by atoms with van der Waals surface area (Å²) in [6.45, 7) is 5.87. The number of para-hydroxylation sites is 2. The normalized spacial score (nSPS) is 15.7.